The van der Waals surface area contributed by atoms with Crippen LogP contribution in [0.5, 0.6) is 0 Å². The molecule has 1 unspecified atom stereocenters. The largest absolute Gasteiger partial charge is 0.370 e. The molecule has 0 aromatic carbocycles. The third-order valence-corrected chi connectivity index (χ3v) is 3.32. The molecule has 2 N–H and O–H groups in total. The fourth-order valence-corrected chi connectivity index (χ4v) is 1.53. The fraction of sp³-hybridized carbons (Fsp3) is 0.571. The number of nitro groups is 1. The SMILES string of the molecule is CCNc1ncc([N+](=O)[O-])cc1C(=O)NC(C)C(C)(C)C. The van der Waals surface area contributed by atoms with Gasteiger partial charge in [0, 0.05) is 18.7 Å². The number of nitrogens with zero attached hydrogens (tertiary/aromatic N) is 2. The highest BCUT2D eigenvalue weighted by Crippen LogP contribution is 2.22. The molecule has 7 heteroatoms. The molecule has 0 saturated heterocycles. The number of anilines is 1. The van der Waals surface area contributed by atoms with Crippen molar-refractivity contribution < 1.29 is 9.72 Å². The van der Waals surface area contributed by atoms with Crippen LogP contribution in [0.4, 0.5) is 11.5 Å². The van der Waals surface area contributed by atoms with Gasteiger partial charge in [0.1, 0.15) is 12.0 Å². The minimum absolute atomic E-state index is 0.0845. The van der Waals surface area contributed by atoms with Crippen molar-refractivity contribution in [3.63, 3.8) is 0 Å². The first kappa shape index (κ1) is 16.9. The van der Waals surface area contributed by atoms with E-state index in [0.29, 0.717) is 12.4 Å². The highest BCUT2D eigenvalue weighted by molar-refractivity contribution is 5.99. The number of aromatic nitrogens is 1. The van der Waals surface area contributed by atoms with Crippen molar-refractivity contribution >= 4 is 17.4 Å². The van der Waals surface area contributed by atoms with Crippen LogP contribution in [0.25, 0.3) is 0 Å². The molecule has 0 radical (unpaired) electrons. The normalized spacial score (nSPS) is 12.6. The maximum absolute atomic E-state index is 12.4. The molecule has 0 aliphatic carbocycles. The Balaban J connectivity index is 3.10. The van der Waals surface area contributed by atoms with Crippen LogP contribution in [-0.2, 0) is 0 Å². The van der Waals surface area contributed by atoms with E-state index in [2.05, 4.69) is 15.6 Å². The molecule has 0 aliphatic rings. The van der Waals surface area contributed by atoms with Gasteiger partial charge < -0.3 is 10.6 Å². The van der Waals surface area contributed by atoms with Gasteiger partial charge in [0.15, 0.2) is 0 Å². The van der Waals surface area contributed by atoms with Gasteiger partial charge in [-0.2, -0.15) is 0 Å². The van der Waals surface area contributed by atoms with Crippen molar-refractivity contribution in [3.8, 4) is 0 Å². The summed E-state index contributed by atoms with van der Waals surface area (Å²) in [4.78, 5) is 26.6. The van der Waals surface area contributed by atoms with Crippen LogP contribution in [0, 0.1) is 15.5 Å². The smallest absolute Gasteiger partial charge is 0.288 e. The van der Waals surface area contributed by atoms with E-state index in [9.17, 15) is 14.9 Å². The van der Waals surface area contributed by atoms with Gasteiger partial charge in [-0.3, -0.25) is 14.9 Å². The van der Waals surface area contributed by atoms with Gasteiger partial charge in [-0.15, -0.1) is 0 Å². The molecule has 116 valence electrons. The molecule has 7 nitrogen and oxygen atoms in total. The summed E-state index contributed by atoms with van der Waals surface area (Å²) < 4.78 is 0. The minimum Gasteiger partial charge on any atom is -0.370 e. The van der Waals surface area contributed by atoms with Crippen molar-refractivity contribution in [3.05, 3.63) is 27.9 Å². The van der Waals surface area contributed by atoms with Gasteiger partial charge in [-0.05, 0) is 19.3 Å². The number of amides is 1. The summed E-state index contributed by atoms with van der Waals surface area (Å²) in [6, 6.07) is 1.16. The average molecular weight is 294 g/mol. The second kappa shape index (κ2) is 6.51. The number of nitrogens with one attached hydrogen (secondary N) is 2. The topological polar surface area (TPSA) is 97.2 Å². The van der Waals surface area contributed by atoms with Gasteiger partial charge in [0.05, 0.1) is 10.5 Å². The van der Waals surface area contributed by atoms with Crippen molar-refractivity contribution in [1.29, 1.82) is 0 Å². The van der Waals surface area contributed by atoms with Crippen LogP contribution in [-0.4, -0.2) is 28.4 Å². The molecule has 0 spiro atoms. The average Bonchev–Trinajstić information content (AvgIpc) is 2.37. The lowest BCUT2D eigenvalue weighted by atomic mass is 9.88. The lowest BCUT2D eigenvalue weighted by Crippen LogP contribution is -2.41. The second-order valence-electron chi connectivity index (χ2n) is 5.94. The minimum atomic E-state index is -0.563. The lowest BCUT2D eigenvalue weighted by molar-refractivity contribution is -0.385. The Morgan fingerprint density at radius 2 is 2.10 bits per heavy atom. The summed E-state index contributed by atoms with van der Waals surface area (Å²) in [5.41, 5.74) is -0.130. The van der Waals surface area contributed by atoms with E-state index < -0.39 is 4.92 Å². The number of rotatable bonds is 5. The Hall–Kier alpha value is -2.18. The summed E-state index contributed by atoms with van der Waals surface area (Å²) in [6.45, 7) is 10.4. The van der Waals surface area contributed by atoms with E-state index in [1.807, 2.05) is 34.6 Å². The second-order valence-corrected chi connectivity index (χ2v) is 5.94. The van der Waals surface area contributed by atoms with Gasteiger partial charge >= 0.3 is 0 Å². The molecular weight excluding hydrogens is 272 g/mol. The standard InChI is InChI=1S/C14H22N4O3/c1-6-15-12-11(7-10(8-16-12)18(20)21)13(19)17-9(2)14(3,4)5/h7-9H,6H2,1-5H3,(H,15,16)(H,17,19). The van der Waals surface area contributed by atoms with Crippen molar-refractivity contribution in [2.24, 2.45) is 5.41 Å². The lowest BCUT2D eigenvalue weighted by Gasteiger charge is -2.28. The van der Waals surface area contributed by atoms with E-state index >= 15 is 0 Å². The predicted molar refractivity (Wildman–Crippen MR) is 81.4 cm³/mol. The van der Waals surface area contributed by atoms with Crippen LogP contribution < -0.4 is 10.6 Å². The van der Waals surface area contributed by atoms with Gasteiger partial charge in [0.2, 0.25) is 0 Å². The summed E-state index contributed by atoms with van der Waals surface area (Å²) in [6.07, 6.45) is 1.14. The molecule has 1 amide bonds. The zero-order chi connectivity index (χ0) is 16.2. The zero-order valence-electron chi connectivity index (χ0n) is 13.1. The maximum atomic E-state index is 12.4. The first-order valence-electron chi connectivity index (χ1n) is 6.86. The monoisotopic (exact) mass is 294 g/mol. The van der Waals surface area contributed by atoms with E-state index in [0.717, 1.165) is 6.20 Å². The van der Waals surface area contributed by atoms with Crippen molar-refractivity contribution in [2.45, 2.75) is 40.7 Å². The molecule has 1 heterocycles. The number of carbonyl (C=O) groups is 1. The molecule has 1 atom stereocenters. The number of pyridine rings is 1. The Morgan fingerprint density at radius 1 is 1.48 bits per heavy atom. The molecule has 1 aromatic rings. The molecule has 0 saturated carbocycles. The highest BCUT2D eigenvalue weighted by atomic mass is 16.6. The third kappa shape index (κ3) is 4.40. The van der Waals surface area contributed by atoms with Crippen molar-refractivity contribution in [1.82, 2.24) is 10.3 Å². The summed E-state index contributed by atoms with van der Waals surface area (Å²) in [5, 5.41) is 16.6. The van der Waals surface area contributed by atoms with Gasteiger partial charge in [0.25, 0.3) is 11.6 Å². The van der Waals surface area contributed by atoms with Crippen LogP contribution in [0.3, 0.4) is 0 Å². The van der Waals surface area contributed by atoms with Crippen LogP contribution in [0.1, 0.15) is 45.0 Å². The van der Waals surface area contributed by atoms with Gasteiger partial charge in [-0.25, -0.2) is 4.98 Å². The number of hydrogen-bond donors (Lipinski definition) is 2. The highest BCUT2D eigenvalue weighted by Gasteiger charge is 2.24. The molecule has 0 fully saturated rings. The number of hydrogen-bond acceptors (Lipinski definition) is 5. The first-order valence-corrected chi connectivity index (χ1v) is 6.86. The fourth-order valence-electron chi connectivity index (χ4n) is 1.53. The van der Waals surface area contributed by atoms with E-state index in [1.165, 1.54) is 6.07 Å². The molecule has 21 heavy (non-hydrogen) atoms. The van der Waals surface area contributed by atoms with E-state index in [1.54, 1.807) is 0 Å². The Morgan fingerprint density at radius 3 is 2.57 bits per heavy atom. The van der Waals surface area contributed by atoms with Crippen LogP contribution >= 0.6 is 0 Å². The molecule has 1 rings (SSSR count). The predicted octanol–water partition coefficient (Wildman–Crippen LogP) is 2.59. The summed E-state index contributed by atoms with van der Waals surface area (Å²) in [5.74, 6) is -0.0220. The third-order valence-electron chi connectivity index (χ3n) is 3.32. The summed E-state index contributed by atoms with van der Waals surface area (Å²) in [7, 11) is 0. The Labute approximate surface area is 124 Å². The van der Waals surface area contributed by atoms with Crippen LogP contribution in [0.2, 0.25) is 0 Å². The van der Waals surface area contributed by atoms with Crippen molar-refractivity contribution in [2.75, 3.05) is 11.9 Å². The Kier molecular flexibility index (Phi) is 5.23. The molecule has 0 bridgehead atoms. The molecular formula is C14H22N4O3. The van der Waals surface area contributed by atoms with Crippen LogP contribution in [0.15, 0.2) is 12.3 Å². The van der Waals surface area contributed by atoms with E-state index in [4.69, 9.17) is 0 Å². The molecule has 0 aliphatic heterocycles. The number of carbonyl (C=O) groups excluding carboxylic acids is 1. The molecule has 1 aromatic heterocycles. The maximum Gasteiger partial charge on any atom is 0.288 e. The van der Waals surface area contributed by atoms with Gasteiger partial charge in [-0.1, -0.05) is 20.8 Å². The van der Waals surface area contributed by atoms with E-state index in [-0.39, 0.29) is 28.6 Å². The quantitative estimate of drug-likeness (QED) is 0.642. The Bertz CT molecular complexity index is 538. The zero-order valence-corrected chi connectivity index (χ0v) is 13.1. The first-order chi connectivity index (χ1) is 9.66. The summed E-state index contributed by atoms with van der Waals surface area (Å²) >= 11 is 0.